The number of anilines is 1. The van der Waals surface area contributed by atoms with Gasteiger partial charge in [0.05, 0.1) is 12.0 Å². The Kier molecular flexibility index (Phi) is 3.98. The van der Waals surface area contributed by atoms with Crippen molar-refractivity contribution in [3.8, 4) is 0 Å². The van der Waals surface area contributed by atoms with Gasteiger partial charge in [0.2, 0.25) is 0 Å². The van der Waals surface area contributed by atoms with Crippen LogP contribution >= 0.6 is 0 Å². The first-order chi connectivity index (χ1) is 6.65. The normalized spacial score (nSPS) is 11.1. The van der Waals surface area contributed by atoms with Gasteiger partial charge in [-0.3, -0.25) is 0 Å². The fourth-order valence-electron chi connectivity index (χ4n) is 1.48. The number of unbranched alkanes of at least 4 members (excludes halogenated alkanes) is 1. The van der Waals surface area contributed by atoms with Gasteiger partial charge in [0.25, 0.3) is 0 Å². The first-order valence-electron chi connectivity index (χ1n) is 5.44. The summed E-state index contributed by atoms with van der Waals surface area (Å²) in [5, 5.41) is 0. The van der Waals surface area contributed by atoms with E-state index >= 15 is 0 Å². The number of nitrogen functional groups attached to an aromatic ring is 1. The Morgan fingerprint density at radius 1 is 1.50 bits per heavy atom. The highest BCUT2D eigenvalue weighted by molar-refractivity contribution is 5.36. The smallest absolute Gasteiger partial charge is 0.126 e. The molecule has 3 nitrogen and oxygen atoms in total. The van der Waals surface area contributed by atoms with Crippen molar-refractivity contribution in [1.29, 1.82) is 0 Å². The van der Waals surface area contributed by atoms with Gasteiger partial charge in [0.15, 0.2) is 0 Å². The van der Waals surface area contributed by atoms with Gasteiger partial charge in [-0.2, -0.15) is 0 Å². The molecule has 0 saturated carbocycles. The highest BCUT2D eigenvalue weighted by atomic mass is 15.1. The molecule has 0 aromatic carbocycles. The third kappa shape index (κ3) is 2.76. The molecule has 80 valence electrons. The quantitative estimate of drug-likeness (QED) is 0.784. The molecule has 0 aliphatic rings. The molecular weight excluding hydrogens is 174 g/mol. The third-order valence-corrected chi connectivity index (χ3v) is 2.31. The molecule has 1 aromatic rings. The lowest BCUT2D eigenvalue weighted by Gasteiger charge is -2.05. The molecular formula is C11H21N3. The molecule has 1 aromatic heterocycles. The predicted octanol–water partition coefficient (Wildman–Crippen LogP) is 2.46. The SMILES string of the molecule is CCCCn1cnc(CC(C)C)c1N. The van der Waals surface area contributed by atoms with Crippen LogP contribution in [-0.4, -0.2) is 9.55 Å². The minimum absolute atomic E-state index is 0.617. The van der Waals surface area contributed by atoms with Crippen molar-refractivity contribution >= 4 is 5.82 Å². The van der Waals surface area contributed by atoms with Crippen molar-refractivity contribution in [2.75, 3.05) is 5.73 Å². The second kappa shape index (κ2) is 5.03. The topological polar surface area (TPSA) is 43.8 Å². The number of hydrogen-bond acceptors (Lipinski definition) is 2. The maximum atomic E-state index is 5.99. The average Bonchev–Trinajstić information content (AvgIpc) is 2.45. The molecule has 0 unspecified atom stereocenters. The molecule has 0 fully saturated rings. The predicted molar refractivity (Wildman–Crippen MR) is 60.1 cm³/mol. The van der Waals surface area contributed by atoms with Gasteiger partial charge in [-0.15, -0.1) is 0 Å². The molecule has 1 rings (SSSR count). The molecule has 0 spiro atoms. The first kappa shape index (κ1) is 11.1. The standard InChI is InChI=1S/C11H21N3/c1-4-5-6-14-8-13-10(11(14)12)7-9(2)3/h8-9H,4-7,12H2,1-3H3. The van der Waals surface area contributed by atoms with Crippen LogP contribution in [-0.2, 0) is 13.0 Å². The van der Waals surface area contributed by atoms with Crippen molar-refractivity contribution in [3.05, 3.63) is 12.0 Å². The second-order valence-electron chi connectivity index (χ2n) is 4.22. The lowest BCUT2D eigenvalue weighted by atomic mass is 10.1. The van der Waals surface area contributed by atoms with Gasteiger partial charge in [0, 0.05) is 6.54 Å². The fraction of sp³-hybridized carbons (Fsp3) is 0.727. The number of aromatic nitrogens is 2. The van der Waals surface area contributed by atoms with Gasteiger partial charge in [-0.05, 0) is 18.8 Å². The summed E-state index contributed by atoms with van der Waals surface area (Å²) in [6.45, 7) is 7.55. The van der Waals surface area contributed by atoms with Gasteiger partial charge in [-0.25, -0.2) is 4.98 Å². The largest absolute Gasteiger partial charge is 0.384 e. The molecule has 0 radical (unpaired) electrons. The van der Waals surface area contributed by atoms with Crippen molar-refractivity contribution in [3.63, 3.8) is 0 Å². The lowest BCUT2D eigenvalue weighted by Crippen LogP contribution is -2.04. The summed E-state index contributed by atoms with van der Waals surface area (Å²) in [5.41, 5.74) is 7.04. The van der Waals surface area contributed by atoms with E-state index in [4.69, 9.17) is 5.73 Å². The molecule has 0 amide bonds. The number of rotatable bonds is 5. The van der Waals surface area contributed by atoms with E-state index in [1.165, 1.54) is 12.8 Å². The van der Waals surface area contributed by atoms with Gasteiger partial charge in [-0.1, -0.05) is 27.2 Å². The van der Waals surface area contributed by atoms with E-state index in [0.717, 1.165) is 24.5 Å². The van der Waals surface area contributed by atoms with Gasteiger partial charge in [0.1, 0.15) is 5.82 Å². The zero-order chi connectivity index (χ0) is 10.6. The van der Waals surface area contributed by atoms with Crippen LogP contribution in [0.1, 0.15) is 39.3 Å². The number of nitrogens with zero attached hydrogens (tertiary/aromatic N) is 2. The number of imidazole rings is 1. The van der Waals surface area contributed by atoms with Crippen LogP contribution < -0.4 is 5.73 Å². The number of nitrogens with two attached hydrogens (primary N) is 1. The Hall–Kier alpha value is -0.990. The van der Waals surface area contributed by atoms with Crippen molar-refractivity contribution in [2.45, 2.75) is 46.6 Å². The van der Waals surface area contributed by atoms with Crippen molar-refractivity contribution < 1.29 is 0 Å². The molecule has 0 saturated heterocycles. The van der Waals surface area contributed by atoms with E-state index in [9.17, 15) is 0 Å². The van der Waals surface area contributed by atoms with E-state index in [1.807, 2.05) is 6.33 Å². The summed E-state index contributed by atoms with van der Waals surface area (Å²) in [5.74, 6) is 1.47. The summed E-state index contributed by atoms with van der Waals surface area (Å²) >= 11 is 0. The third-order valence-electron chi connectivity index (χ3n) is 2.31. The molecule has 3 heteroatoms. The molecule has 1 heterocycles. The summed E-state index contributed by atoms with van der Waals surface area (Å²) < 4.78 is 2.06. The van der Waals surface area contributed by atoms with Crippen LogP contribution in [0, 0.1) is 5.92 Å². The Balaban J connectivity index is 2.65. The van der Waals surface area contributed by atoms with E-state index in [1.54, 1.807) is 0 Å². The molecule has 0 aliphatic heterocycles. The molecule has 0 bridgehead atoms. The summed E-state index contributed by atoms with van der Waals surface area (Å²) in [7, 11) is 0. The molecule has 14 heavy (non-hydrogen) atoms. The highest BCUT2D eigenvalue weighted by Gasteiger charge is 2.08. The number of aryl methyl sites for hydroxylation is 1. The Bertz CT molecular complexity index is 276. The van der Waals surface area contributed by atoms with Gasteiger partial charge < -0.3 is 10.3 Å². The fourth-order valence-corrected chi connectivity index (χ4v) is 1.48. The van der Waals surface area contributed by atoms with Crippen LogP contribution in [0.4, 0.5) is 5.82 Å². The maximum Gasteiger partial charge on any atom is 0.126 e. The maximum absolute atomic E-state index is 5.99. The van der Waals surface area contributed by atoms with Crippen molar-refractivity contribution in [2.24, 2.45) is 5.92 Å². The highest BCUT2D eigenvalue weighted by Crippen LogP contribution is 2.15. The van der Waals surface area contributed by atoms with Crippen LogP contribution in [0.5, 0.6) is 0 Å². The monoisotopic (exact) mass is 195 g/mol. The summed E-state index contributed by atoms with van der Waals surface area (Å²) in [6, 6.07) is 0. The summed E-state index contributed by atoms with van der Waals surface area (Å²) in [6.07, 6.45) is 5.20. The minimum Gasteiger partial charge on any atom is -0.384 e. The van der Waals surface area contributed by atoms with E-state index < -0.39 is 0 Å². The zero-order valence-corrected chi connectivity index (χ0v) is 9.45. The second-order valence-corrected chi connectivity index (χ2v) is 4.22. The van der Waals surface area contributed by atoms with Crippen LogP contribution in [0.15, 0.2) is 6.33 Å². The Morgan fingerprint density at radius 2 is 2.21 bits per heavy atom. The average molecular weight is 195 g/mol. The molecule has 2 N–H and O–H groups in total. The molecule has 0 atom stereocenters. The van der Waals surface area contributed by atoms with Crippen LogP contribution in [0.25, 0.3) is 0 Å². The van der Waals surface area contributed by atoms with Gasteiger partial charge >= 0.3 is 0 Å². The summed E-state index contributed by atoms with van der Waals surface area (Å²) in [4.78, 5) is 4.35. The minimum atomic E-state index is 0.617. The van der Waals surface area contributed by atoms with Crippen LogP contribution in [0.2, 0.25) is 0 Å². The Morgan fingerprint density at radius 3 is 2.79 bits per heavy atom. The first-order valence-corrected chi connectivity index (χ1v) is 5.44. The zero-order valence-electron chi connectivity index (χ0n) is 9.45. The van der Waals surface area contributed by atoms with Crippen LogP contribution in [0.3, 0.4) is 0 Å². The van der Waals surface area contributed by atoms with E-state index in [0.29, 0.717) is 5.92 Å². The van der Waals surface area contributed by atoms with E-state index in [-0.39, 0.29) is 0 Å². The number of hydrogen-bond donors (Lipinski definition) is 1. The molecule has 0 aliphatic carbocycles. The lowest BCUT2D eigenvalue weighted by molar-refractivity contribution is 0.630. The Labute approximate surface area is 86.3 Å². The van der Waals surface area contributed by atoms with Crippen molar-refractivity contribution in [1.82, 2.24) is 9.55 Å². The van der Waals surface area contributed by atoms with E-state index in [2.05, 4.69) is 30.3 Å².